The molecule has 1 aromatic rings. The number of alkyl carbamates (subject to hydrolysis) is 1. The van der Waals surface area contributed by atoms with Crippen molar-refractivity contribution in [3.63, 3.8) is 0 Å². The summed E-state index contributed by atoms with van der Waals surface area (Å²) in [4.78, 5) is 11.6. The van der Waals surface area contributed by atoms with Crippen LogP contribution >= 0.6 is 0 Å². The molecule has 1 unspecified atom stereocenters. The molecule has 0 saturated heterocycles. The van der Waals surface area contributed by atoms with Crippen LogP contribution in [0.2, 0.25) is 0 Å². The molecule has 1 aromatic carbocycles. The molecule has 1 rings (SSSR count). The van der Waals surface area contributed by atoms with Gasteiger partial charge < -0.3 is 19.5 Å². The van der Waals surface area contributed by atoms with Crippen LogP contribution in [0.1, 0.15) is 32.8 Å². The molecule has 5 nitrogen and oxygen atoms in total. The zero-order valence-corrected chi connectivity index (χ0v) is 13.9. The van der Waals surface area contributed by atoms with Crippen molar-refractivity contribution in [2.45, 2.75) is 45.5 Å². The SMILES string of the molecule is COCC(CCNC(=O)OC(C)(C)C)OCc1ccccc1. The molecule has 124 valence electrons. The van der Waals surface area contributed by atoms with Gasteiger partial charge in [-0.15, -0.1) is 0 Å². The number of rotatable bonds is 8. The van der Waals surface area contributed by atoms with Gasteiger partial charge in [-0.25, -0.2) is 4.79 Å². The highest BCUT2D eigenvalue weighted by molar-refractivity contribution is 5.67. The summed E-state index contributed by atoms with van der Waals surface area (Å²) in [5.41, 5.74) is 0.628. The van der Waals surface area contributed by atoms with Crippen LogP contribution in [0.5, 0.6) is 0 Å². The molecule has 0 bridgehead atoms. The third kappa shape index (κ3) is 8.64. The summed E-state index contributed by atoms with van der Waals surface area (Å²) in [6.07, 6.45) is 0.187. The van der Waals surface area contributed by atoms with E-state index in [2.05, 4.69) is 5.32 Å². The third-order valence-corrected chi connectivity index (χ3v) is 2.82. The molecule has 0 fully saturated rings. The maximum absolute atomic E-state index is 11.6. The Morgan fingerprint density at radius 3 is 2.50 bits per heavy atom. The quantitative estimate of drug-likeness (QED) is 0.801. The molecule has 0 aliphatic rings. The minimum atomic E-state index is -0.486. The molecule has 1 N–H and O–H groups in total. The van der Waals surface area contributed by atoms with Crippen LogP contribution in [0.3, 0.4) is 0 Å². The summed E-state index contributed by atoms with van der Waals surface area (Å²) in [7, 11) is 1.64. The molecule has 0 aromatic heterocycles. The number of benzene rings is 1. The predicted octanol–water partition coefficient (Wildman–Crippen LogP) is 3.13. The van der Waals surface area contributed by atoms with Gasteiger partial charge in [-0.3, -0.25) is 0 Å². The second kappa shape index (κ2) is 9.43. The van der Waals surface area contributed by atoms with E-state index in [1.165, 1.54) is 0 Å². The van der Waals surface area contributed by atoms with E-state index in [9.17, 15) is 4.79 Å². The molecule has 5 heteroatoms. The topological polar surface area (TPSA) is 56.8 Å². The molecule has 0 aliphatic carbocycles. The molecule has 0 spiro atoms. The van der Waals surface area contributed by atoms with Crippen LogP contribution < -0.4 is 5.32 Å². The molecule has 0 radical (unpaired) electrons. The zero-order chi connectivity index (χ0) is 16.4. The lowest BCUT2D eigenvalue weighted by molar-refractivity contribution is -0.0156. The predicted molar refractivity (Wildman–Crippen MR) is 85.7 cm³/mol. The minimum Gasteiger partial charge on any atom is -0.444 e. The molecule has 0 heterocycles. The molecule has 1 atom stereocenters. The highest BCUT2D eigenvalue weighted by Crippen LogP contribution is 2.08. The van der Waals surface area contributed by atoms with Gasteiger partial charge in [0, 0.05) is 13.7 Å². The van der Waals surface area contributed by atoms with Gasteiger partial charge in [0.2, 0.25) is 0 Å². The van der Waals surface area contributed by atoms with Crippen LogP contribution in [0.15, 0.2) is 30.3 Å². The van der Waals surface area contributed by atoms with Crippen LogP contribution in [-0.4, -0.2) is 38.1 Å². The first kappa shape index (κ1) is 18.5. The lowest BCUT2D eigenvalue weighted by Crippen LogP contribution is -2.34. The average molecular weight is 309 g/mol. The van der Waals surface area contributed by atoms with E-state index in [1.807, 2.05) is 51.1 Å². The largest absolute Gasteiger partial charge is 0.444 e. The van der Waals surface area contributed by atoms with E-state index in [4.69, 9.17) is 14.2 Å². The van der Waals surface area contributed by atoms with Crippen LogP contribution in [0.4, 0.5) is 4.79 Å². The van der Waals surface area contributed by atoms with Gasteiger partial charge in [0.1, 0.15) is 5.60 Å². The molecule has 0 aliphatic heterocycles. The molecule has 1 amide bonds. The van der Waals surface area contributed by atoms with Crippen molar-refractivity contribution < 1.29 is 19.0 Å². The Kier molecular flexibility index (Phi) is 7.91. The Morgan fingerprint density at radius 1 is 1.23 bits per heavy atom. The summed E-state index contributed by atoms with van der Waals surface area (Å²) in [6, 6.07) is 9.97. The van der Waals surface area contributed by atoms with Crippen molar-refractivity contribution in [1.29, 1.82) is 0 Å². The van der Waals surface area contributed by atoms with Crippen molar-refractivity contribution in [3.8, 4) is 0 Å². The van der Waals surface area contributed by atoms with Crippen molar-refractivity contribution in [1.82, 2.24) is 5.32 Å². The summed E-state index contributed by atoms with van der Waals surface area (Å²) in [5, 5.41) is 2.73. The fourth-order valence-electron chi connectivity index (χ4n) is 1.84. The molecule has 22 heavy (non-hydrogen) atoms. The fraction of sp³-hybridized carbons (Fsp3) is 0.588. The summed E-state index contributed by atoms with van der Waals surface area (Å²) in [6.45, 7) is 7.01. The third-order valence-electron chi connectivity index (χ3n) is 2.82. The number of carbonyl (C=O) groups excluding carboxylic acids is 1. The Hall–Kier alpha value is -1.59. The maximum Gasteiger partial charge on any atom is 0.407 e. The lowest BCUT2D eigenvalue weighted by Gasteiger charge is -2.21. The van der Waals surface area contributed by atoms with E-state index in [1.54, 1.807) is 7.11 Å². The Morgan fingerprint density at radius 2 is 1.91 bits per heavy atom. The summed E-state index contributed by atoms with van der Waals surface area (Å²) < 4.78 is 16.2. The van der Waals surface area contributed by atoms with Crippen LogP contribution in [0.25, 0.3) is 0 Å². The summed E-state index contributed by atoms with van der Waals surface area (Å²) >= 11 is 0. The Balaban J connectivity index is 2.30. The number of methoxy groups -OCH3 is 1. The van der Waals surface area contributed by atoms with Crippen LogP contribution in [-0.2, 0) is 20.8 Å². The van der Waals surface area contributed by atoms with Crippen molar-refractivity contribution in [2.75, 3.05) is 20.3 Å². The highest BCUT2D eigenvalue weighted by Gasteiger charge is 2.16. The second-order valence-electron chi connectivity index (χ2n) is 6.09. The number of nitrogens with one attached hydrogen (secondary N) is 1. The number of hydrogen-bond acceptors (Lipinski definition) is 4. The van der Waals surface area contributed by atoms with Gasteiger partial charge in [0.05, 0.1) is 19.3 Å². The smallest absolute Gasteiger partial charge is 0.407 e. The zero-order valence-electron chi connectivity index (χ0n) is 13.9. The van der Waals surface area contributed by atoms with Gasteiger partial charge in [0.25, 0.3) is 0 Å². The van der Waals surface area contributed by atoms with E-state index < -0.39 is 11.7 Å². The monoisotopic (exact) mass is 309 g/mol. The first-order valence-electron chi connectivity index (χ1n) is 7.52. The van der Waals surface area contributed by atoms with Crippen molar-refractivity contribution >= 4 is 6.09 Å². The molecule has 0 saturated carbocycles. The lowest BCUT2D eigenvalue weighted by atomic mass is 10.2. The van der Waals surface area contributed by atoms with E-state index in [-0.39, 0.29) is 6.10 Å². The Bertz CT molecular complexity index is 428. The van der Waals surface area contributed by atoms with E-state index in [0.717, 1.165) is 5.56 Å². The van der Waals surface area contributed by atoms with Crippen molar-refractivity contribution in [3.05, 3.63) is 35.9 Å². The molecular weight excluding hydrogens is 282 g/mol. The standard InChI is InChI=1S/C17H27NO4/c1-17(2,3)22-16(19)18-11-10-15(13-20-4)21-12-14-8-6-5-7-9-14/h5-9,15H,10-13H2,1-4H3,(H,18,19). The first-order valence-corrected chi connectivity index (χ1v) is 7.52. The average Bonchev–Trinajstić information content (AvgIpc) is 2.44. The first-order chi connectivity index (χ1) is 10.4. The maximum atomic E-state index is 11.6. The number of carbonyl (C=O) groups is 1. The van der Waals surface area contributed by atoms with Crippen LogP contribution in [0, 0.1) is 0 Å². The van der Waals surface area contributed by atoms with Gasteiger partial charge in [-0.2, -0.15) is 0 Å². The molecular formula is C17H27NO4. The number of ether oxygens (including phenoxy) is 3. The second-order valence-corrected chi connectivity index (χ2v) is 6.09. The fourth-order valence-corrected chi connectivity index (χ4v) is 1.84. The number of hydrogen-bond donors (Lipinski definition) is 1. The minimum absolute atomic E-state index is 0.0693. The van der Waals surface area contributed by atoms with E-state index >= 15 is 0 Å². The van der Waals surface area contributed by atoms with Gasteiger partial charge in [-0.1, -0.05) is 30.3 Å². The van der Waals surface area contributed by atoms with Crippen molar-refractivity contribution in [2.24, 2.45) is 0 Å². The van der Waals surface area contributed by atoms with Gasteiger partial charge >= 0.3 is 6.09 Å². The highest BCUT2D eigenvalue weighted by atomic mass is 16.6. The number of amides is 1. The Labute approximate surface area is 132 Å². The van der Waals surface area contributed by atoms with Gasteiger partial charge in [-0.05, 0) is 32.8 Å². The van der Waals surface area contributed by atoms with E-state index in [0.29, 0.717) is 26.2 Å². The summed E-state index contributed by atoms with van der Waals surface area (Å²) in [5.74, 6) is 0. The normalized spacial score (nSPS) is 12.7. The van der Waals surface area contributed by atoms with Gasteiger partial charge in [0.15, 0.2) is 0 Å².